The third-order valence-corrected chi connectivity index (χ3v) is 3.54. The number of carbonyl (C=O) groups excluding carboxylic acids is 1. The molecule has 1 atom stereocenters. The lowest BCUT2D eigenvalue weighted by atomic mass is 10.0. The van der Waals surface area contributed by atoms with Gasteiger partial charge in [-0.15, -0.1) is 0 Å². The first-order valence-corrected chi connectivity index (χ1v) is 6.84. The predicted molar refractivity (Wildman–Crippen MR) is 82.2 cm³/mol. The van der Waals surface area contributed by atoms with Crippen LogP contribution in [0.5, 0.6) is 0 Å². The van der Waals surface area contributed by atoms with Gasteiger partial charge in [-0.2, -0.15) is 5.10 Å². The number of benzene rings is 2. The molecular formula is C17H16N2O2. The van der Waals surface area contributed by atoms with E-state index in [1.807, 2.05) is 53.5 Å². The number of esters is 1. The van der Waals surface area contributed by atoms with Crippen molar-refractivity contribution in [3.8, 4) is 0 Å². The van der Waals surface area contributed by atoms with E-state index in [4.69, 9.17) is 4.74 Å². The summed E-state index contributed by atoms with van der Waals surface area (Å²) in [7, 11) is 1.38. The molecule has 2 aromatic carbocycles. The fourth-order valence-corrected chi connectivity index (χ4v) is 2.50. The van der Waals surface area contributed by atoms with Crippen LogP contribution in [0, 0.1) is 0 Å². The van der Waals surface area contributed by atoms with Gasteiger partial charge in [-0.3, -0.25) is 5.01 Å². The van der Waals surface area contributed by atoms with Crippen LogP contribution < -0.4 is 5.01 Å². The predicted octanol–water partition coefficient (Wildman–Crippen LogP) is 3.17. The van der Waals surface area contributed by atoms with Gasteiger partial charge in [0.2, 0.25) is 0 Å². The molecule has 0 amide bonds. The zero-order chi connectivity index (χ0) is 14.7. The highest BCUT2D eigenvalue weighted by Gasteiger charge is 2.32. The van der Waals surface area contributed by atoms with Crippen molar-refractivity contribution in [2.24, 2.45) is 5.10 Å². The van der Waals surface area contributed by atoms with Crippen molar-refractivity contribution in [1.82, 2.24) is 0 Å². The molecule has 0 saturated heterocycles. The summed E-state index contributed by atoms with van der Waals surface area (Å²) in [5.74, 6) is -0.366. The fourth-order valence-electron chi connectivity index (χ4n) is 2.50. The molecular weight excluding hydrogens is 264 g/mol. The number of hydrogen-bond acceptors (Lipinski definition) is 4. The maximum absolute atomic E-state index is 11.8. The van der Waals surface area contributed by atoms with Crippen LogP contribution in [0.3, 0.4) is 0 Å². The van der Waals surface area contributed by atoms with Crippen LogP contribution in [0.1, 0.15) is 18.0 Å². The number of para-hydroxylation sites is 1. The lowest BCUT2D eigenvalue weighted by molar-refractivity contribution is -0.132. The Morgan fingerprint density at radius 2 is 1.71 bits per heavy atom. The van der Waals surface area contributed by atoms with Gasteiger partial charge in [-0.25, -0.2) is 4.79 Å². The Bertz CT molecular complexity index is 653. The quantitative estimate of drug-likeness (QED) is 0.811. The van der Waals surface area contributed by atoms with Crippen LogP contribution in [0.4, 0.5) is 5.69 Å². The maximum Gasteiger partial charge on any atom is 0.354 e. The van der Waals surface area contributed by atoms with Crippen molar-refractivity contribution in [1.29, 1.82) is 0 Å². The van der Waals surface area contributed by atoms with Gasteiger partial charge in [-0.1, -0.05) is 48.5 Å². The van der Waals surface area contributed by atoms with Crippen molar-refractivity contribution in [2.45, 2.75) is 12.5 Å². The van der Waals surface area contributed by atoms with E-state index >= 15 is 0 Å². The second kappa shape index (κ2) is 5.79. The third-order valence-electron chi connectivity index (χ3n) is 3.54. The molecule has 21 heavy (non-hydrogen) atoms. The average Bonchev–Trinajstić information content (AvgIpc) is 3.01. The van der Waals surface area contributed by atoms with Crippen LogP contribution >= 0.6 is 0 Å². The van der Waals surface area contributed by atoms with E-state index in [0.717, 1.165) is 11.3 Å². The van der Waals surface area contributed by atoms with Crippen molar-refractivity contribution in [3.63, 3.8) is 0 Å². The minimum atomic E-state index is -0.366. The van der Waals surface area contributed by atoms with Gasteiger partial charge in [0.25, 0.3) is 0 Å². The van der Waals surface area contributed by atoms with E-state index in [1.54, 1.807) is 0 Å². The second-order valence-electron chi connectivity index (χ2n) is 4.85. The molecule has 1 unspecified atom stereocenters. The molecule has 4 nitrogen and oxygen atoms in total. The zero-order valence-electron chi connectivity index (χ0n) is 11.8. The lowest BCUT2D eigenvalue weighted by Crippen LogP contribution is -2.18. The summed E-state index contributed by atoms with van der Waals surface area (Å²) in [6.45, 7) is 0. The van der Waals surface area contributed by atoms with Gasteiger partial charge in [0.05, 0.1) is 18.8 Å². The molecule has 3 rings (SSSR count). The normalized spacial score (nSPS) is 17.5. The summed E-state index contributed by atoms with van der Waals surface area (Å²) in [4.78, 5) is 11.8. The molecule has 0 bridgehead atoms. The third kappa shape index (κ3) is 2.65. The Morgan fingerprint density at radius 1 is 1.10 bits per heavy atom. The van der Waals surface area contributed by atoms with E-state index in [9.17, 15) is 4.79 Å². The smallest absolute Gasteiger partial charge is 0.354 e. The summed E-state index contributed by atoms with van der Waals surface area (Å²) in [6, 6.07) is 19.9. The molecule has 106 valence electrons. The van der Waals surface area contributed by atoms with Gasteiger partial charge >= 0.3 is 5.97 Å². The molecule has 1 heterocycles. The number of methoxy groups -OCH3 is 1. The van der Waals surface area contributed by atoms with Crippen LogP contribution in [0.25, 0.3) is 0 Å². The molecule has 1 aliphatic heterocycles. The second-order valence-corrected chi connectivity index (χ2v) is 4.85. The fraction of sp³-hybridized carbons (Fsp3) is 0.176. The first-order valence-electron chi connectivity index (χ1n) is 6.84. The van der Waals surface area contributed by atoms with Gasteiger partial charge in [0.1, 0.15) is 5.71 Å². The molecule has 0 saturated carbocycles. The standard InChI is InChI=1S/C17H16N2O2/c1-21-17(20)15-12-16(13-8-4-2-5-9-13)19(18-15)14-10-6-3-7-11-14/h2-11,16H,12H2,1H3. The van der Waals surface area contributed by atoms with Crippen molar-refractivity contribution >= 4 is 17.4 Å². The highest BCUT2D eigenvalue weighted by Crippen LogP contribution is 2.35. The monoisotopic (exact) mass is 280 g/mol. The van der Waals surface area contributed by atoms with E-state index in [2.05, 4.69) is 17.2 Å². The molecule has 0 spiro atoms. The Kier molecular flexibility index (Phi) is 3.69. The average molecular weight is 280 g/mol. The maximum atomic E-state index is 11.8. The van der Waals surface area contributed by atoms with Crippen molar-refractivity contribution in [3.05, 3.63) is 66.2 Å². The summed E-state index contributed by atoms with van der Waals surface area (Å²) >= 11 is 0. The van der Waals surface area contributed by atoms with Crippen LogP contribution in [-0.2, 0) is 9.53 Å². The SMILES string of the molecule is COC(=O)C1=NN(c2ccccc2)C(c2ccccc2)C1. The number of hydrogen-bond donors (Lipinski definition) is 0. The van der Waals surface area contributed by atoms with E-state index < -0.39 is 0 Å². The van der Waals surface area contributed by atoms with Gasteiger partial charge < -0.3 is 4.74 Å². The van der Waals surface area contributed by atoms with E-state index in [0.29, 0.717) is 12.1 Å². The largest absolute Gasteiger partial charge is 0.464 e. The van der Waals surface area contributed by atoms with Crippen LogP contribution in [0.15, 0.2) is 65.8 Å². The number of hydrazone groups is 1. The first-order chi connectivity index (χ1) is 10.3. The minimum Gasteiger partial charge on any atom is -0.464 e. The molecule has 0 aromatic heterocycles. The summed E-state index contributed by atoms with van der Waals surface area (Å²) < 4.78 is 4.81. The van der Waals surface area contributed by atoms with Gasteiger partial charge in [0.15, 0.2) is 0 Å². The number of rotatable bonds is 3. The highest BCUT2D eigenvalue weighted by molar-refractivity contribution is 6.37. The van der Waals surface area contributed by atoms with E-state index in [-0.39, 0.29) is 12.0 Å². The Labute approximate surface area is 123 Å². The van der Waals surface area contributed by atoms with Gasteiger partial charge in [-0.05, 0) is 17.7 Å². The molecule has 0 radical (unpaired) electrons. The van der Waals surface area contributed by atoms with Gasteiger partial charge in [0, 0.05) is 6.42 Å². The van der Waals surface area contributed by atoms with Crippen LogP contribution in [-0.4, -0.2) is 18.8 Å². The molecule has 1 aliphatic rings. The molecule has 0 fully saturated rings. The minimum absolute atomic E-state index is 0.0164. The molecule has 0 N–H and O–H groups in total. The summed E-state index contributed by atoms with van der Waals surface area (Å²) in [5.41, 5.74) is 2.55. The Morgan fingerprint density at radius 3 is 2.33 bits per heavy atom. The first kappa shape index (κ1) is 13.4. The number of carbonyl (C=O) groups is 1. The zero-order valence-corrected chi connectivity index (χ0v) is 11.8. The number of anilines is 1. The summed E-state index contributed by atoms with van der Waals surface area (Å²) in [6.07, 6.45) is 0.547. The van der Waals surface area contributed by atoms with E-state index in [1.165, 1.54) is 7.11 Å². The van der Waals surface area contributed by atoms with Crippen LogP contribution in [0.2, 0.25) is 0 Å². The molecule has 2 aromatic rings. The Balaban J connectivity index is 1.98. The highest BCUT2D eigenvalue weighted by atomic mass is 16.5. The lowest BCUT2D eigenvalue weighted by Gasteiger charge is -2.23. The number of nitrogens with zero attached hydrogens (tertiary/aromatic N) is 2. The van der Waals surface area contributed by atoms with Crippen molar-refractivity contribution < 1.29 is 9.53 Å². The summed E-state index contributed by atoms with van der Waals surface area (Å²) in [5, 5.41) is 6.35. The topological polar surface area (TPSA) is 41.9 Å². The van der Waals surface area contributed by atoms with Crippen molar-refractivity contribution in [2.75, 3.05) is 12.1 Å². The Hall–Kier alpha value is -2.62. The molecule has 4 heteroatoms. The molecule has 0 aliphatic carbocycles. The number of ether oxygens (including phenoxy) is 1.